The maximum absolute atomic E-state index is 12.1. The fraction of sp³-hybridized carbons (Fsp3) is 0.231. The molecule has 80 valence electrons. The van der Waals surface area contributed by atoms with E-state index in [1.54, 1.807) is 11.8 Å². The van der Waals surface area contributed by atoms with Crippen LogP contribution in [0.3, 0.4) is 0 Å². The summed E-state index contributed by atoms with van der Waals surface area (Å²) in [6.07, 6.45) is 4.49. The quantitative estimate of drug-likeness (QED) is 0.640. The lowest BCUT2D eigenvalue weighted by Gasteiger charge is -2.13. The summed E-state index contributed by atoms with van der Waals surface area (Å²) < 4.78 is 0. The van der Waals surface area contributed by atoms with Crippen LogP contribution in [0.5, 0.6) is 0 Å². The molecule has 3 heteroatoms. The molecule has 0 spiro atoms. The number of fused-ring (bicyclic) bond motifs is 2. The van der Waals surface area contributed by atoms with Crippen LogP contribution in [0.4, 0.5) is 0 Å². The van der Waals surface area contributed by atoms with Gasteiger partial charge in [-0.05, 0) is 11.6 Å². The zero-order valence-electron chi connectivity index (χ0n) is 8.72. The summed E-state index contributed by atoms with van der Waals surface area (Å²) in [5.74, 6) is 0.151. The van der Waals surface area contributed by atoms with Crippen molar-refractivity contribution in [3.05, 3.63) is 42.0 Å². The number of ketones is 1. The molecule has 16 heavy (non-hydrogen) atoms. The van der Waals surface area contributed by atoms with Crippen molar-refractivity contribution in [2.75, 3.05) is 6.54 Å². The van der Waals surface area contributed by atoms with Crippen LogP contribution in [-0.4, -0.2) is 17.4 Å². The Morgan fingerprint density at radius 3 is 3.12 bits per heavy atom. The van der Waals surface area contributed by atoms with Crippen molar-refractivity contribution >= 4 is 22.6 Å². The van der Waals surface area contributed by atoms with E-state index in [9.17, 15) is 4.79 Å². The van der Waals surface area contributed by atoms with Gasteiger partial charge in [-0.3, -0.25) is 9.79 Å². The second-order valence-corrected chi connectivity index (χ2v) is 5.00. The minimum absolute atomic E-state index is 0.105. The van der Waals surface area contributed by atoms with Crippen LogP contribution < -0.4 is 0 Å². The minimum Gasteiger partial charge on any atom is -0.298 e. The van der Waals surface area contributed by atoms with Gasteiger partial charge in [0.1, 0.15) is 0 Å². The zero-order chi connectivity index (χ0) is 11.0. The van der Waals surface area contributed by atoms with Gasteiger partial charge in [-0.15, -0.1) is 0 Å². The number of benzene rings is 1. The number of nitrogens with zero attached hydrogens (tertiary/aromatic N) is 1. The van der Waals surface area contributed by atoms with Crippen LogP contribution in [-0.2, 0) is 11.2 Å². The summed E-state index contributed by atoms with van der Waals surface area (Å²) in [5.41, 5.74) is 1.13. The molecule has 1 aromatic rings. The molecule has 2 aliphatic rings. The fourth-order valence-electron chi connectivity index (χ4n) is 2.02. The third kappa shape index (κ3) is 1.61. The van der Waals surface area contributed by atoms with Gasteiger partial charge in [0.15, 0.2) is 5.78 Å². The van der Waals surface area contributed by atoms with E-state index in [2.05, 4.69) is 11.1 Å². The van der Waals surface area contributed by atoms with E-state index in [0.717, 1.165) is 10.6 Å². The smallest absolute Gasteiger partial charge is 0.150 e. The Labute approximate surface area is 98.5 Å². The molecule has 0 saturated carbocycles. The highest BCUT2D eigenvalue weighted by atomic mass is 32.2. The molecule has 0 radical (unpaired) electrons. The number of Topliss-reactive ketones (excluding diaryl/α,β-unsaturated/α-hetero) is 1. The summed E-state index contributed by atoms with van der Waals surface area (Å²) in [6, 6.07) is 8.09. The average Bonchev–Trinajstić information content (AvgIpc) is 2.45. The molecule has 2 nitrogen and oxygen atoms in total. The van der Waals surface area contributed by atoms with Gasteiger partial charge < -0.3 is 0 Å². The first-order valence-corrected chi connectivity index (χ1v) is 6.16. The number of rotatable bonds is 0. The number of thioether (sulfide) groups is 1. The molecule has 3 rings (SSSR count). The van der Waals surface area contributed by atoms with Gasteiger partial charge >= 0.3 is 0 Å². The molecule has 0 bridgehead atoms. The van der Waals surface area contributed by atoms with E-state index in [1.807, 2.05) is 30.4 Å². The second kappa shape index (κ2) is 3.91. The summed E-state index contributed by atoms with van der Waals surface area (Å²) >= 11 is 1.64. The van der Waals surface area contributed by atoms with E-state index >= 15 is 0 Å². The van der Waals surface area contributed by atoms with Gasteiger partial charge in [0.2, 0.25) is 0 Å². The largest absolute Gasteiger partial charge is 0.298 e. The third-order valence-electron chi connectivity index (χ3n) is 2.85. The van der Waals surface area contributed by atoms with E-state index in [-0.39, 0.29) is 11.7 Å². The number of carbonyl (C=O) groups is 1. The Morgan fingerprint density at radius 2 is 2.19 bits per heavy atom. The number of hydrogen-bond acceptors (Lipinski definition) is 3. The highest BCUT2D eigenvalue weighted by Crippen LogP contribution is 2.33. The Balaban J connectivity index is 2.07. The number of allylic oxidation sites excluding steroid dienone is 1. The average molecular weight is 229 g/mol. The zero-order valence-corrected chi connectivity index (χ0v) is 9.54. The highest BCUT2D eigenvalue weighted by molar-refractivity contribution is 8.14. The summed E-state index contributed by atoms with van der Waals surface area (Å²) in [7, 11) is 0. The molecular weight excluding hydrogens is 218 g/mol. The SMILES string of the molecule is O=C1Cc2ccccc2SC2=NCC=CC12. The molecule has 0 saturated heterocycles. The molecule has 0 aromatic heterocycles. The van der Waals surface area contributed by atoms with Gasteiger partial charge in [0.25, 0.3) is 0 Å². The van der Waals surface area contributed by atoms with Crippen LogP contribution in [0.25, 0.3) is 0 Å². The van der Waals surface area contributed by atoms with Gasteiger partial charge in [-0.1, -0.05) is 42.1 Å². The van der Waals surface area contributed by atoms with Gasteiger partial charge in [0.05, 0.1) is 17.5 Å². The molecule has 1 aromatic carbocycles. The second-order valence-electron chi connectivity index (χ2n) is 3.94. The van der Waals surface area contributed by atoms with Gasteiger partial charge in [-0.2, -0.15) is 0 Å². The molecular formula is C13H11NOS. The Kier molecular flexibility index (Phi) is 2.40. The maximum Gasteiger partial charge on any atom is 0.150 e. The van der Waals surface area contributed by atoms with Crippen LogP contribution in [0.2, 0.25) is 0 Å². The molecule has 1 atom stereocenters. The molecule has 0 fully saturated rings. The van der Waals surface area contributed by atoms with Gasteiger partial charge in [-0.25, -0.2) is 0 Å². The monoisotopic (exact) mass is 229 g/mol. The van der Waals surface area contributed by atoms with Crippen molar-refractivity contribution in [3.63, 3.8) is 0 Å². The predicted octanol–water partition coefficient (Wildman–Crippen LogP) is 2.49. The third-order valence-corrected chi connectivity index (χ3v) is 4.06. The Bertz CT molecular complexity index is 504. The van der Waals surface area contributed by atoms with Crippen molar-refractivity contribution in [3.8, 4) is 0 Å². The number of aliphatic imine (C=N–C) groups is 1. The first-order chi connectivity index (χ1) is 7.84. The molecule has 2 aliphatic heterocycles. The molecule has 2 heterocycles. The predicted molar refractivity (Wildman–Crippen MR) is 65.9 cm³/mol. The fourth-order valence-corrected chi connectivity index (χ4v) is 3.14. The highest BCUT2D eigenvalue weighted by Gasteiger charge is 2.28. The Hall–Kier alpha value is -1.35. The van der Waals surface area contributed by atoms with Gasteiger partial charge in [0, 0.05) is 11.3 Å². The minimum atomic E-state index is -0.105. The lowest BCUT2D eigenvalue weighted by Crippen LogP contribution is -2.22. The van der Waals surface area contributed by atoms with Crippen LogP contribution in [0, 0.1) is 5.92 Å². The molecule has 1 unspecified atom stereocenters. The first-order valence-electron chi connectivity index (χ1n) is 5.34. The number of carbonyl (C=O) groups excluding carboxylic acids is 1. The van der Waals surface area contributed by atoms with Crippen molar-refractivity contribution < 1.29 is 4.79 Å². The lowest BCUT2D eigenvalue weighted by atomic mass is 9.97. The van der Waals surface area contributed by atoms with Crippen LogP contribution in [0.15, 0.2) is 46.3 Å². The van der Waals surface area contributed by atoms with Crippen molar-refractivity contribution in [2.24, 2.45) is 10.9 Å². The lowest BCUT2D eigenvalue weighted by molar-refractivity contribution is -0.119. The Morgan fingerprint density at radius 1 is 1.31 bits per heavy atom. The summed E-state index contributed by atoms with van der Waals surface area (Å²) in [4.78, 5) is 17.7. The topological polar surface area (TPSA) is 29.4 Å². The molecule has 0 aliphatic carbocycles. The van der Waals surface area contributed by atoms with Crippen LogP contribution in [0.1, 0.15) is 5.56 Å². The summed E-state index contributed by atoms with van der Waals surface area (Å²) in [6.45, 7) is 0.703. The van der Waals surface area contributed by atoms with E-state index < -0.39 is 0 Å². The van der Waals surface area contributed by atoms with E-state index in [1.165, 1.54) is 4.90 Å². The van der Waals surface area contributed by atoms with E-state index in [0.29, 0.717) is 13.0 Å². The molecule has 0 amide bonds. The van der Waals surface area contributed by atoms with Crippen molar-refractivity contribution in [1.29, 1.82) is 0 Å². The van der Waals surface area contributed by atoms with E-state index in [4.69, 9.17) is 0 Å². The van der Waals surface area contributed by atoms with Crippen molar-refractivity contribution in [1.82, 2.24) is 0 Å². The summed E-state index contributed by atoms with van der Waals surface area (Å²) in [5, 5.41) is 0.956. The number of hydrogen-bond donors (Lipinski definition) is 0. The molecule has 0 N–H and O–H groups in total. The first kappa shape index (κ1) is 9.85. The van der Waals surface area contributed by atoms with Crippen molar-refractivity contribution in [2.45, 2.75) is 11.3 Å². The standard InChI is InChI=1S/C13H11NOS/c15-11-8-9-4-1-2-6-12(9)16-13-10(11)5-3-7-14-13/h1-6,10H,7-8H2. The maximum atomic E-state index is 12.1. The number of dihydropyridines is 1. The van der Waals surface area contributed by atoms with Crippen LogP contribution >= 0.6 is 11.8 Å². The normalized spacial score (nSPS) is 23.1.